The molecule has 2 N–H and O–H groups in total. The summed E-state index contributed by atoms with van der Waals surface area (Å²) in [7, 11) is 0. The van der Waals surface area contributed by atoms with Crippen molar-refractivity contribution >= 4 is 29.1 Å². The number of carbonyl (C=O) groups excluding carboxylic acids is 1. The van der Waals surface area contributed by atoms with E-state index in [0.29, 0.717) is 4.88 Å². The van der Waals surface area contributed by atoms with Crippen molar-refractivity contribution in [2.45, 2.75) is 0 Å². The summed E-state index contributed by atoms with van der Waals surface area (Å²) in [5.41, 5.74) is 2.00. The molecule has 0 aliphatic carbocycles. The Balaban J connectivity index is 2.10. The Morgan fingerprint density at radius 2 is 2.20 bits per heavy atom. The Morgan fingerprint density at radius 1 is 1.40 bits per heavy atom. The van der Waals surface area contributed by atoms with Gasteiger partial charge in [0.2, 0.25) is 5.75 Å². The second kappa shape index (κ2) is 5.93. The molecule has 102 valence electrons. The number of hydrazone groups is 1. The molecule has 0 spiro atoms. The fourth-order valence-corrected chi connectivity index (χ4v) is 2.04. The Hall–Kier alpha value is -2.74. The minimum Gasteiger partial charge on any atom is -0.502 e. The Bertz CT molecular complexity index is 667. The summed E-state index contributed by atoms with van der Waals surface area (Å²) in [5.74, 6) is -0.882. The number of nitro benzene ring substituents is 1. The summed E-state index contributed by atoms with van der Waals surface area (Å²) in [6, 6.07) is 7.41. The lowest BCUT2D eigenvalue weighted by molar-refractivity contribution is -0.385. The van der Waals surface area contributed by atoms with E-state index < -0.39 is 16.4 Å². The van der Waals surface area contributed by atoms with Gasteiger partial charge in [0, 0.05) is 11.6 Å². The van der Waals surface area contributed by atoms with Gasteiger partial charge in [0.25, 0.3) is 5.91 Å². The quantitative estimate of drug-likeness (QED) is 0.511. The van der Waals surface area contributed by atoms with Crippen LogP contribution in [0.15, 0.2) is 40.8 Å². The molecule has 0 radical (unpaired) electrons. The monoisotopic (exact) mass is 291 g/mol. The molecule has 0 bridgehead atoms. The number of nitrogens with one attached hydrogen (secondary N) is 1. The van der Waals surface area contributed by atoms with Gasteiger partial charge in [-0.25, -0.2) is 5.43 Å². The second-order valence-corrected chi connectivity index (χ2v) is 4.60. The molecule has 20 heavy (non-hydrogen) atoms. The van der Waals surface area contributed by atoms with Gasteiger partial charge in [0.05, 0.1) is 16.0 Å². The fourth-order valence-electron chi connectivity index (χ4n) is 1.42. The van der Waals surface area contributed by atoms with Gasteiger partial charge in [-0.2, -0.15) is 5.10 Å². The first-order valence-corrected chi connectivity index (χ1v) is 6.31. The fraction of sp³-hybridized carbons (Fsp3) is 0. The van der Waals surface area contributed by atoms with Gasteiger partial charge in [0.15, 0.2) is 0 Å². The number of rotatable bonds is 4. The third kappa shape index (κ3) is 2.98. The molecule has 1 aromatic carbocycles. The van der Waals surface area contributed by atoms with E-state index in [-0.39, 0.29) is 11.5 Å². The normalized spacial score (nSPS) is 10.6. The molecular weight excluding hydrogens is 282 g/mol. The molecule has 0 aliphatic heterocycles. The summed E-state index contributed by atoms with van der Waals surface area (Å²) in [5, 5.41) is 25.7. The van der Waals surface area contributed by atoms with E-state index in [9.17, 15) is 20.0 Å². The summed E-state index contributed by atoms with van der Waals surface area (Å²) in [4.78, 5) is 22.0. The molecule has 0 saturated heterocycles. The van der Waals surface area contributed by atoms with Crippen molar-refractivity contribution in [3.8, 4) is 5.75 Å². The van der Waals surface area contributed by atoms with Crippen LogP contribution >= 0.6 is 11.3 Å². The predicted molar refractivity (Wildman–Crippen MR) is 74.1 cm³/mol. The Kier molecular flexibility index (Phi) is 4.06. The number of nitro groups is 1. The van der Waals surface area contributed by atoms with Crippen LogP contribution in [0.4, 0.5) is 5.69 Å². The van der Waals surface area contributed by atoms with Crippen molar-refractivity contribution in [1.29, 1.82) is 0 Å². The number of benzene rings is 1. The average Bonchev–Trinajstić information content (AvgIpc) is 2.94. The van der Waals surface area contributed by atoms with Crippen LogP contribution in [0, 0.1) is 10.1 Å². The third-order valence-corrected chi connectivity index (χ3v) is 3.23. The number of thiophene rings is 1. The zero-order chi connectivity index (χ0) is 14.5. The van der Waals surface area contributed by atoms with E-state index in [0.717, 1.165) is 6.21 Å². The second-order valence-electron chi connectivity index (χ2n) is 3.65. The van der Waals surface area contributed by atoms with Gasteiger partial charge in [-0.05, 0) is 17.5 Å². The number of phenolic OH excluding ortho intramolecular Hbond substituents is 1. The number of hydrogen-bond donors (Lipinski definition) is 2. The summed E-state index contributed by atoms with van der Waals surface area (Å²) in [6.07, 6.45) is 1.15. The van der Waals surface area contributed by atoms with Gasteiger partial charge in [-0.1, -0.05) is 12.1 Å². The lowest BCUT2D eigenvalue weighted by atomic mass is 10.2. The van der Waals surface area contributed by atoms with Crippen molar-refractivity contribution in [3.63, 3.8) is 0 Å². The number of nitrogens with zero attached hydrogens (tertiary/aromatic N) is 2. The summed E-state index contributed by atoms with van der Waals surface area (Å²) < 4.78 is 0. The van der Waals surface area contributed by atoms with Crippen LogP contribution < -0.4 is 5.43 Å². The van der Waals surface area contributed by atoms with E-state index in [1.54, 1.807) is 17.5 Å². The van der Waals surface area contributed by atoms with E-state index in [1.807, 2.05) is 0 Å². The highest BCUT2D eigenvalue weighted by molar-refractivity contribution is 7.12. The smallest absolute Gasteiger partial charge is 0.311 e. The average molecular weight is 291 g/mol. The maximum Gasteiger partial charge on any atom is 0.311 e. The van der Waals surface area contributed by atoms with E-state index in [2.05, 4.69) is 10.5 Å². The number of amides is 1. The first-order chi connectivity index (χ1) is 9.59. The predicted octanol–water partition coefficient (Wildman–Crippen LogP) is 2.13. The van der Waals surface area contributed by atoms with Crippen LogP contribution in [0.3, 0.4) is 0 Å². The van der Waals surface area contributed by atoms with Crippen molar-refractivity contribution in [1.82, 2.24) is 5.43 Å². The molecule has 8 heteroatoms. The van der Waals surface area contributed by atoms with Crippen LogP contribution in [-0.2, 0) is 0 Å². The molecule has 1 aromatic heterocycles. The van der Waals surface area contributed by atoms with E-state index >= 15 is 0 Å². The van der Waals surface area contributed by atoms with E-state index in [4.69, 9.17) is 0 Å². The third-order valence-electron chi connectivity index (χ3n) is 2.36. The Morgan fingerprint density at radius 3 is 2.85 bits per heavy atom. The minimum absolute atomic E-state index is 0.144. The molecule has 0 saturated carbocycles. The van der Waals surface area contributed by atoms with E-state index in [1.165, 1.54) is 29.5 Å². The zero-order valence-electron chi connectivity index (χ0n) is 10.0. The SMILES string of the molecule is O=C(N/N=C/c1cccc([N+](=O)[O-])c1O)c1cccs1. The highest BCUT2D eigenvalue weighted by Gasteiger charge is 2.15. The van der Waals surface area contributed by atoms with Crippen LogP contribution in [0.1, 0.15) is 15.2 Å². The van der Waals surface area contributed by atoms with Crippen molar-refractivity contribution in [2.75, 3.05) is 0 Å². The first kappa shape index (κ1) is 13.7. The first-order valence-electron chi connectivity index (χ1n) is 5.43. The van der Waals surface area contributed by atoms with Crippen molar-refractivity contribution in [2.24, 2.45) is 5.10 Å². The van der Waals surface area contributed by atoms with Gasteiger partial charge >= 0.3 is 5.69 Å². The summed E-state index contributed by atoms with van der Waals surface area (Å²) in [6.45, 7) is 0. The molecule has 2 aromatic rings. The standard InChI is InChI=1S/C12H9N3O4S/c16-11-8(3-1-4-9(11)15(18)19)7-13-14-12(17)10-5-2-6-20-10/h1-7,16H,(H,14,17)/b13-7+. The molecule has 0 fully saturated rings. The lowest BCUT2D eigenvalue weighted by Crippen LogP contribution is -2.16. The van der Waals surface area contributed by atoms with Crippen molar-refractivity contribution in [3.05, 3.63) is 56.3 Å². The molecule has 2 rings (SSSR count). The molecular formula is C12H9N3O4S. The maximum absolute atomic E-state index is 11.6. The highest BCUT2D eigenvalue weighted by atomic mass is 32.1. The molecule has 0 aliphatic rings. The summed E-state index contributed by atoms with van der Waals surface area (Å²) >= 11 is 1.26. The number of carbonyl (C=O) groups is 1. The number of aromatic hydroxyl groups is 1. The number of hydrogen-bond acceptors (Lipinski definition) is 6. The van der Waals surface area contributed by atoms with Crippen LogP contribution in [0.25, 0.3) is 0 Å². The largest absolute Gasteiger partial charge is 0.502 e. The topological polar surface area (TPSA) is 105 Å². The zero-order valence-corrected chi connectivity index (χ0v) is 10.8. The molecule has 7 nitrogen and oxygen atoms in total. The Labute approximate surface area is 117 Å². The van der Waals surface area contributed by atoms with Crippen LogP contribution in [0.5, 0.6) is 5.75 Å². The highest BCUT2D eigenvalue weighted by Crippen LogP contribution is 2.27. The van der Waals surface area contributed by atoms with Gasteiger partial charge in [-0.3, -0.25) is 14.9 Å². The molecule has 1 amide bonds. The van der Waals surface area contributed by atoms with Gasteiger partial charge < -0.3 is 5.11 Å². The van der Waals surface area contributed by atoms with Crippen LogP contribution in [-0.4, -0.2) is 22.2 Å². The van der Waals surface area contributed by atoms with Crippen molar-refractivity contribution < 1.29 is 14.8 Å². The molecule has 0 unspecified atom stereocenters. The minimum atomic E-state index is -0.698. The lowest BCUT2D eigenvalue weighted by Gasteiger charge is -1.99. The maximum atomic E-state index is 11.6. The molecule has 1 heterocycles. The van der Waals surface area contributed by atoms with Crippen LogP contribution in [0.2, 0.25) is 0 Å². The number of phenols is 1. The van der Waals surface area contributed by atoms with Gasteiger partial charge in [-0.15, -0.1) is 11.3 Å². The molecule has 0 atom stereocenters. The van der Waals surface area contributed by atoms with Gasteiger partial charge in [0.1, 0.15) is 0 Å². The number of para-hydroxylation sites is 1.